The number of halogens is 1. The molecule has 0 saturated heterocycles. The van der Waals surface area contributed by atoms with Crippen LogP contribution in [0.4, 0.5) is 10.1 Å². The van der Waals surface area contributed by atoms with Gasteiger partial charge in [0.25, 0.3) is 5.91 Å². The molecule has 0 aliphatic heterocycles. The minimum absolute atomic E-state index is 0.137. The average Bonchev–Trinajstić information content (AvgIpc) is 2.74. The monoisotopic (exact) mass is 282 g/mol. The first-order valence-corrected chi connectivity index (χ1v) is 6.63. The summed E-state index contributed by atoms with van der Waals surface area (Å²) >= 11 is 1.16. The molecule has 0 radical (unpaired) electrons. The van der Waals surface area contributed by atoms with Crippen LogP contribution in [0, 0.1) is 5.82 Å². The lowest BCUT2D eigenvalue weighted by atomic mass is 10.2. The van der Waals surface area contributed by atoms with Gasteiger partial charge in [-0.05, 0) is 19.1 Å². The van der Waals surface area contributed by atoms with E-state index < -0.39 is 5.82 Å². The lowest BCUT2D eigenvalue weighted by molar-refractivity contribution is 0.0688. The molecule has 0 bridgehead atoms. The summed E-state index contributed by atoms with van der Waals surface area (Å²) in [4.78, 5) is 14.0. The highest BCUT2D eigenvalue weighted by atomic mass is 32.1. The second-order valence-corrected chi connectivity index (χ2v) is 5.46. The molecular weight excluding hydrogens is 267 g/mol. The number of aliphatic hydroxyl groups is 1. The van der Waals surface area contributed by atoms with E-state index in [0.29, 0.717) is 15.0 Å². The number of fused-ring (bicyclic) bond motifs is 1. The number of hydrogen-bond donors (Lipinski definition) is 2. The molecule has 6 heteroatoms. The van der Waals surface area contributed by atoms with Crippen LogP contribution in [0.1, 0.15) is 16.6 Å². The summed E-state index contributed by atoms with van der Waals surface area (Å²) in [6.45, 7) is 1.59. The topological polar surface area (TPSA) is 66.6 Å². The molecule has 1 aromatic heterocycles. The van der Waals surface area contributed by atoms with Crippen molar-refractivity contribution in [2.24, 2.45) is 0 Å². The molecular formula is C13H15FN2O2S. The molecule has 102 valence electrons. The van der Waals surface area contributed by atoms with Gasteiger partial charge in [-0.25, -0.2) is 4.39 Å². The van der Waals surface area contributed by atoms with Gasteiger partial charge in [-0.3, -0.25) is 4.79 Å². The summed E-state index contributed by atoms with van der Waals surface area (Å²) in [5.41, 5.74) is 6.05. The summed E-state index contributed by atoms with van der Waals surface area (Å²) in [5, 5.41) is 9.36. The SMILES string of the molecule is CC(CO)N(C)C(=O)c1sc2cccc(F)c2c1N. The average molecular weight is 282 g/mol. The second-order valence-electron chi connectivity index (χ2n) is 4.41. The summed E-state index contributed by atoms with van der Waals surface area (Å²) in [5.74, 6) is -0.734. The van der Waals surface area contributed by atoms with Gasteiger partial charge in [-0.1, -0.05) is 6.07 Å². The van der Waals surface area contributed by atoms with Crippen molar-refractivity contribution in [1.29, 1.82) is 0 Å². The summed E-state index contributed by atoms with van der Waals surface area (Å²) in [6.07, 6.45) is 0. The summed E-state index contributed by atoms with van der Waals surface area (Å²) in [7, 11) is 1.59. The number of carbonyl (C=O) groups excluding carboxylic acids is 1. The van der Waals surface area contributed by atoms with Crippen molar-refractivity contribution >= 4 is 33.0 Å². The van der Waals surface area contributed by atoms with Crippen molar-refractivity contribution in [3.8, 4) is 0 Å². The quantitative estimate of drug-likeness (QED) is 0.905. The molecule has 0 saturated carbocycles. The van der Waals surface area contributed by atoms with Crippen molar-refractivity contribution in [2.45, 2.75) is 13.0 Å². The van der Waals surface area contributed by atoms with E-state index in [-0.39, 0.29) is 24.2 Å². The fourth-order valence-electron chi connectivity index (χ4n) is 1.77. The number of aliphatic hydroxyl groups excluding tert-OH is 1. The fraction of sp³-hybridized carbons (Fsp3) is 0.308. The van der Waals surface area contributed by atoms with Crippen molar-refractivity contribution in [3.63, 3.8) is 0 Å². The third-order valence-electron chi connectivity index (χ3n) is 3.14. The van der Waals surface area contributed by atoms with Gasteiger partial charge >= 0.3 is 0 Å². The zero-order valence-electron chi connectivity index (χ0n) is 10.7. The number of hydrogen-bond acceptors (Lipinski definition) is 4. The van der Waals surface area contributed by atoms with Gasteiger partial charge in [0.1, 0.15) is 10.7 Å². The predicted octanol–water partition coefficient (Wildman–Crippen LogP) is 2.08. The van der Waals surface area contributed by atoms with Gasteiger partial charge in [0.05, 0.1) is 23.7 Å². The van der Waals surface area contributed by atoms with Crippen LogP contribution in [0.2, 0.25) is 0 Å². The first-order valence-electron chi connectivity index (χ1n) is 5.81. The van der Waals surface area contributed by atoms with E-state index in [1.54, 1.807) is 26.1 Å². The lowest BCUT2D eigenvalue weighted by Gasteiger charge is -2.22. The number of nitrogens with two attached hydrogens (primary N) is 1. The molecule has 0 aliphatic carbocycles. The first kappa shape index (κ1) is 13.8. The van der Waals surface area contributed by atoms with Gasteiger partial charge < -0.3 is 15.7 Å². The molecule has 1 amide bonds. The molecule has 1 aromatic carbocycles. The highest BCUT2D eigenvalue weighted by molar-refractivity contribution is 7.21. The highest BCUT2D eigenvalue weighted by Gasteiger charge is 2.23. The van der Waals surface area contributed by atoms with E-state index in [2.05, 4.69) is 0 Å². The van der Waals surface area contributed by atoms with Crippen LogP contribution in [0.15, 0.2) is 18.2 Å². The maximum absolute atomic E-state index is 13.7. The van der Waals surface area contributed by atoms with Crippen molar-refractivity contribution in [2.75, 3.05) is 19.4 Å². The van der Waals surface area contributed by atoms with Crippen LogP contribution in [0.25, 0.3) is 10.1 Å². The highest BCUT2D eigenvalue weighted by Crippen LogP contribution is 2.36. The molecule has 1 atom stereocenters. The Labute approximate surface area is 114 Å². The van der Waals surface area contributed by atoms with Crippen LogP contribution < -0.4 is 5.73 Å². The lowest BCUT2D eigenvalue weighted by Crippen LogP contribution is -2.37. The van der Waals surface area contributed by atoms with Crippen LogP contribution in [0.3, 0.4) is 0 Å². The zero-order valence-corrected chi connectivity index (χ0v) is 11.5. The Morgan fingerprint density at radius 3 is 2.84 bits per heavy atom. The van der Waals surface area contributed by atoms with E-state index in [1.165, 1.54) is 11.0 Å². The molecule has 0 fully saturated rings. The second kappa shape index (κ2) is 5.14. The number of anilines is 1. The van der Waals surface area contributed by atoms with E-state index in [9.17, 15) is 9.18 Å². The minimum Gasteiger partial charge on any atom is -0.397 e. The Bertz CT molecular complexity index is 626. The predicted molar refractivity (Wildman–Crippen MR) is 74.8 cm³/mol. The molecule has 3 N–H and O–H groups in total. The van der Waals surface area contributed by atoms with Crippen molar-refractivity contribution in [1.82, 2.24) is 4.90 Å². The van der Waals surface area contributed by atoms with Crippen molar-refractivity contribution < 1.29 is 14.3 Å². The third-order valence-corrected chi connectivity index (χ3v) is 4.30. The van der Waals surface area contributed by atoms with E-state index in [4.69, 9.17) is 10.8 Å². The zero-order chi connectivity index (χ0) is 14.2. The third kappa shape index (κ3) is 2.29. The standard InChI is InChI=1S/C13H15FN2O2S/c1-7(6-17)16(2)13(18)12-11(15)10-8(14)4-3-5-9(10)19-12/h3-5,7,17H,6,15H2,1-2H3. The van der Waals surface area contributed by atoms with E-state index in [0.717, 1.165) is 11.3 Å². The Kier molecular flexibility index (Phi) is 3.73. The largest absolute Gasteiger partial charge is 0.397 e. The number of carbonyl (C=O) groups is 1. The number of likely N-dealkylation sites (N-methyl/N-ethyl adjacent to an activating group) is 1. The Morgan fingerprint density at radius 1 is 1.58 bits per heavy atom. The molecule has 2 rings (SSSR count). The van der Waals surface area contributed by atoms with E-state index >= 15 is 0 Å². The number of benzene rings is 1. The van der Waals surface area contributed by atoms with Gasteiger partial charge in [-0.15, -0.1) is 11.3 Å². The maximum Gasteiger partial charge on any atom is 0.266 e. The molecule has 19 heavy (non-hydrogen) atoms. The number of nitrogens with zero attached hydrogens (tertiary/aromatic N) is 1. The normalized spacial score (nSPS) is 12.6. The molecule has 2 aromatic rings. The molecule has 0 aliphatic rings. The number of rotatable bonds is 3. The van der Waals surface area contributed by atoms with Crippen molar-refractivity contribution in [3.05, 3.63) is 28.9 Å². The molecule has 1 heterocycles. The van der Waals surface area contributed by atoms with Gasteiger partial charge in [-0.2, -0.15) is 0 Å². The number of amides is 1. The minimum atomic E-state index is -0.428. The summed E-state index contributed by atoms with van der Waals surface area (Å²) < 4.78 is 14.4. The van der Waals surface area contributed by atoms with Gasteiger partial charge in [0.2, 0.25) is 0 Å². The fourth-order valence-corrected chi connectivity index (χ4v) is 2.89. The summed E-state index contributed by atoms with van der Waals surface area (Å²) in [6, 6.07) is 4.31. The molecule has 1 unspecified atom stereocenters. The maximum atomic E-state index is 13.7. The van der Waals surface area contributed by atoms with Crippen LogP contribution >= 0.6 is 11.3 Å². The number of thiophene rings is 1. The molecule has 0 spiro atoms. The van der Waals surface area contributed by atoms with Crippen LogP contribution in [0.5, 0.6) is 0 Å². The van der Waals surface area contributed by atoms with Crippen LogP contribution in [-0.2, 0) is 0 Å². The van der Waals surface area contributed by atoms with E-state index in [1.807, 2.05) is 0 Å². The first-order chi connectivity index (χ1) is 8.97. The Hall–Kier alpha value is -1.66. The van der Waals surface area contributed by atoms with Gasteiger partial charge in [0, 0.05) is 11.7 Å². The number of nitrogen functional groups attached to an aromatic ring is 1. The van der Waals surface area contributed by atoms with Crippen LogP contribution in [-0.4, -0.2) is 35.6 Å². The molecule has 4 nitrogen and oxygen atoms in total. The smallest absolute Gasteiger partial charge is 0.266 e. The van der Waals surface area contributed by atoms with Gasteiger partial charge in [0.15, 0.2) is 0 Å². The Morgan fingerprint density at radius 2 is 2.26 bits per heavy atom. The Balaban J connectivity index is 2.49.